The normalized spacial score (nSPS) is 15.9. The van der Waals surface area contributed by atoms with Crippen LogP contribution in [0.4, 0.5) is 4.79 Å². The lowest BCUT2D eigenvalue weighted by atomic mass is 9.95. The molecule has 2 amide bonds. The number of aliphatic hydroxyl groups excluding tert-OH is 1. The van der Waals surface area contributed by atoms with Crippen LogP contribution in [0, 0.1) is 0 Å². The predicted molar refractivity (Wildman–Crippen MR) is 141 cm³/mol. The van der Waals surface area contributed by atoms with Crippen molar-refractivity contribution in [3.8, 4) is 17.2 Å². The van der Waals surface area contributed by atoms with Crippen LogP contribution in [0.5, 0.6) is 17.2 Å². The van der Waals surface area contributed by atoms with Crippen LogP contribution in [0.1, 0.15) is 44.4 Å². The van der Waals surface area contributed by atoms with Gasteiger partial charge in [0.15, 0.2) is 17.7 Å². The van der Waals surface area contributed by atoms with Crippen LogP contribution in [0.25, 0.3) is 0 Å². The van der Waals surface area contributed by atoms with Gasteiger partial charge in [-0.3, -0.25) is 5.43 Å². The Hall–Kier alpha value is -4.25. The fourth-order valence-corrected chi connectivity index (χ4v) is 3.69. The summed E-state index contributed by atoms with van der Waals surface area (Å²) in [6, 6.07) is 11.3. The zero-order valence-corrected chi connectivity index (χ0v) is 21.9. The minimum absolute atomic E-state index is 0.114. The minimum atomic E-state index is -1.09. The maximum atomic E-state index is 12.4. The van der Waals surface area contributed by atoms with Crippen LogP contribution < -0.4 is 30.3 Å². The Morgan fingerprint density at radius 2 is 1.89 bits per heavy atom. The van der Waals surface area contributed by atoms with Gasteiger partial charge in [0, 0.05) is 5.70 Å². The molecular weight excluding hydrogens is 492 g/mol. The number of amides is 2. The number of hydrazone groups is 1. The molecule has 4 N–H and O–H groups in total. The summed E-state index contributed by atoms with van der Waals surface area (Å²) < 4.78 is 21.9. The summed E-state index contributed by atoms with van der Waals surface area (Å²) in [6.07, 6.45) is 1.43. The topological polar surface area (TPSA) is 140 Å². The van der Waals surface area contributed by atoms with Crippen LogP contribution in [-0.2, 0) is 9.53 Å². The number of methoxy groups -OCH3 is 1. The highest BCUT2D eigenvalue weighted by Gasteiger charge is 2.32. The van der Waals surface area contributed by atoms with Crippen molar-refractivity contribution in [3.63, 3.8) is 0 Å². The first kappa shape index (κ1) is 28.3. The van der Waals surface area contributed by atoms with Crippen LogP contribution in [0.15, 0.2) is 58.8 Å². The number of urea groups is 1. The number of nitrogens with zero attached hydrogens (tertiary/aromatic N) is 1. The molecule has 2 atom stereocenters. The van der Waals surface area contributed by atoms with E-state index in [9.17, 15) is 14.7 Å². The van der Waals surface area contributed by atoms with E-state index in [0.717, 1.165) is 17.7 Å². The summed E-state index contributed by atoms with van der Waals surface area (Å²) in [5.74, 6) is 0.995. The Bertz CT molecular complexity index is 1160. The lowest BCUT2D eigenvalue weighted by Crippen LogP contribution is -2.45. The van der Waals surface area contributed by atoms with Crippen molar-refractivity contribution >= 4 is 18.2 Å². The van der Waals surface area contributed by atoms with Gasteiger partial charge in [0.25, 0.3) is 0 Å². The largest absolute Gasteiger partial charge is 0.494 e. The van der Waals surface area contributed by atoms with Gasteiger partial charge in [-0.15, -0.1) is 0 Å². The molecule has 0 spiro atoms. The monoisotopic (exact) mass is 526 g/mol. The number of ether oxygens (including phenoxy) is 4. The van der Waals surface area contributed by atoms with Crippen molar-refractivity contribution in [2.24, 2.45) is 5.10 Å². The van der Waals surface area contributed by atoms with Crippen LogP contribution >= 0.6 is 0 Å². The van der Waals surface area contributed by atoms with Crippen molar-refractivity contribution in [3.05, 3.63) is 64.9 Å². The first-order chi connectivity index (χ1) is 18.4. The van der Waals surface area contributed by atoms with Crippen molar-refractivity contribution in [2.45, 2.75) is 39.5 Å². The lowest BCUT2D eigenvalue weighted by molar-refractivity contribution is -0.136. The summed E-state index contributed by atoms with van der Waals surface area (Å²) in [4.78, 5) is 24.5. The zero-order chi connectivity index (χ0) is 27.5. The van der Waals surface area contributed by atoms with Gasteiger partial charge < -0.3 is 34.7 Å². The molecule has 0 bridgehead atoms. The van der Waals surface area contributed by atoms with Gasteiger partial charge in [0.2, 0.25) is 0 Å². The average molecular weight is 527 g/mol. The Morgan fingerprint density at radius 1 is 1.13 bits per heavy atom. The smallest absolute Gasteiger partial charge is 0.337 e. The molecule has 1 heterocycles. The number of aliphatic hydroxyl groups is 1. The standard InChI is InChI=1S/C27H34N4O7/c1-5-13-37-20-10-7-18(8-11-20)15-28-31-23(32)16-38-21-12-9-19(14-22(21)36-6-2)25-24(26(33)35-4)17(3)29-27(34)30-25/h7-12,14-15,23,25,31-32H,5-6,13,16H2,1-4H3,(H2,29,30,34)/b28-15-/t23-,25+/m1/s1. The van der Waals surface area contributed by atoms with Gasteiger partial charge >= 0.3 is 12.0 Å². The Balaban J connectivity index is 1.64. The molecule has 11 heteroatoms. The average Bonchev–Trinajstić information content (AvgIpc) is 2.91. The molecule has 0 aliphatic carbocycles. The highest BCUT2D eigenvalue weighted by atomic mass is 16.5. The number of benzene rings is 2. The van der Waals surface area contributed by atoms with E-state index >= 15 is 0 Å². The van der Waals surface area contributed by atoms with E-state index in [1.54, 1.807) is 31.3 Å². The third kappa shape index (κ3) is 7.62. The molecule has 0 fully saturated rings. The number of rotatable bonds is 13. The summed E-state index contributed by atoms with van der Waals surface area (Å²) in [5.41, 5.74) is 4.74. The van der Waals surface area contributed by atoms with E-state index in [4.69, 9.17) is 18.9 Å². The number of carbonyl (C=O) groups excluding carboxylic acids is 2. The molecule has 0 unspecified atom stereocenters. The molecule has 3 rings (SSSR count). The Labute approximate surface area is 221 Å². The predicted octanol–water partition coefficient (Wildman–Crippen LogP) is 3.00. The van der Waals surface area contributed by atoms with Gasteiger partial charge in [-0.05, 0) is 67.8 Å². The third-order valence-electron chi connectivity index (χ3n) is 5.46. The summed E-state index contributed by atoms with van der Waals surface area (Å²) in [5, 5.41) is 19.6. The van der Waals surface area contributed by atoms with E-state index in [0.29, 0.717) is 36.0 Å². The van der Waals surface area contributed by atoms with Gasteiger partial charge in [0.05, 0.1) is 38.2 Å². The molecule has 2 aromatic rings. The summed E-state index contributed by atoms with van der Waals surface area (Å²) in [6.45, 7) is 6.40. The SMILES string of the molecule is CCCOc1ccc(/C=N\N[C@H](O)COc2ccc([C@@H]3NC(=O)NC(C)=C3C(=O)OC)cc2OCC)cc1. The number of hydrogen-bond donors (Lipinski definition) is 4. The molecule has 0 saturated heterocycles. The second-order valence-corrected chi connectivity index (χ2v) is 8.33. The summed E-state index contributed by atoms with van der Waals surface area (Å²) in [7, 11) is 1.28. The van der Waals surface area contributed by atoms with E-state index in [2.05, 4.69) is 21.2 Å². The van der Waals surface area contributed by atoms with E-state index < -0.39 is 24.3 Å². The second kappa shape index (κ2) is 13.9. The first-order valence-electron chi connectivity index (χ1n) is 12.3. The molecule has 38 heavy (non-hydrogen) atoms. The maximum Gasteiger partial charge on any atom is 0.337 e. The minimum Gasteiger partial charge on any atom is -0.494 e. The first-order valence-corrected chi connectivity index (χ1v) is 12.3. The van der Waals surface area contributed by atoms with Crippen molar-refractivity contribution < 1.29 is 33.6 Å². The molecule has 2 aromatic carbocycles. The maximum absolute atomic E-state index is 12.4. The van der Waals surface area contributed by atoms with Gasteiger partial charge in [0.1, 0.15) is 12.4 Å². The fraction of sp³-hybridized carbons (Fsp3) is 0.370. The second-order valence-electron chi connectivity index (χ2n) is 8.33. The third-order valence-corrected chi connectivity index (χ3v) is 5.46. The Kier molecular flexibility index (Phi) is 10.4. The zero-order valence-electron chi connectivity index (χ0n) is 21.9. The van der Waals surface area contributed by atoms with Crippen molar-refractivity contribution in [1.82, 2.24) is 16.1 Å². The molecular formula is C27H34N4O7. The van der Waals surface area contributed by atoms with E-state index in [-0.39, 0.29) is 12.2 Å². The quantitative estimate of drug-likeness (QED) is 0.135. The van der Waals surface area contributed by atoms with Crippen LogP contribution in [0.2, 0.25) is 0 Å². The highest BCUT2D eigenvalue weighted by molar-refractivity contribution is 5.95. The van der Waals surface area contributed by atoms with Gasteiger partial charge in [-0.2, -0.15) is 5.10 Å². The molecule has 11 nitrogen and oxygen atoms in total. The van der Waals surface area contributed by atoms with Crippen molar-refractivity contribution in [1.29, 1.82) is 0 Å². The van der Waals surface area contributed by atoms with Crippen molar-refractivity contribution in [2.75, 3.05) is 26.9 Å². The number of carbonyl (C=O) groups is 2. The molecule has 204 valence electrons. The summed E-state index contributed by atoms with van der Waals surface area (Å²) >= 11 is 0. The molecule has 1 aliphatic heterocycles. The molecule has 1 aliphatic rings. The number of allylic oxidation sites excluding steroid dienone is 1. The van der Waals surface area contributed by atoms with E-state index in [1.165, 1.54) is 7.11 Å². The lowest BCUT2D eigenvalue weighted by Gasteiger charge is -2.28. The molecule has 0 saturated carbocycles. The Morgan fingerprint density at radius 3 is 2.58 bits per heavy atom. The number of hydrogen-bond acceptors (Lipinski definition) is 9. The van der Waals surface area contributed by atoms with Gasteiger partial charge in [-0.25, -0.2) is 9.59 Å². The highest BCUT2D eigenvalue weighted by Crippen LogP contribution is 2.34. The van der Waals surface area contributed by atoms with Crippen LogP contribution in [-0.4, -0.2) is 56.5 Å². The van der Waals surface area contributed by atoms with Gasteiger partial charge in [-0.1, -0.05) is 13.0 Å². The molecule has 0 radical (unpaired) electrons. The van der Waals surface area contributed by atoms with E-state index in [1.807, 2.05) is 38.1 Å². The van der Waals surface area contributed by atoms with Crippen LogP contribution in [0.3, 0.4) is 0 Å². The number of esters is 1. The number of nitrogens with one attached hydrogen (secondary N) is 3. The fourth-order valence-electron chi connectivity index (χ4n) is 3.69. The molecule has 0 aromatic heterocycles.